The van der Waals surface area contributed by atoms with Crippen LogP contribution < -0.4 is 5.32 Å². The molecule has 0 saturated heterocycles. The molecule has 0 aliphatic carbocycles. The molecule has 5 heteroatoms. The molecule has 1 aromatic carbocycles. The van der Waals surface area contributed by atoms with Gasteiger partial charge in [0.25, 0.3) is 0 Å². The molecule has 2 rings (SSSR count). The maximum absolute atomic E-state index is 4.74. The van der Waals surface area contributed by atoms with Crippen molar-refractivity contribution in [1.29, 1.82) is 0 Å². The average Bonchev–Trinajstić information content (AvgIpc) is 2.51. The normalized spacial score (nSPS) is 10.6. The second-order valence-corrected chi connectivity index (χ2v) is 6.76. The first kappa shape index (κ1) is 16.5. The smallest absolute Gasteiger partial charge is 0.143 e. The highest BCUT2D eigenvalue weighted by Crippen LogP contribution is 2.25. The lowest BCUT2D eigenvalue weighted by molar-refractivity contribution is 0.844. The molecule has 0 bridgehead atoms. The number of rotatable bonds is 7. The van der Waals surface area contributed by atoms with Gasteiger partial charge in [0.05, 0.1) is 15.0 Å². The number of anilines is 1. The van der Waals surface area contributed by atoms with E-state index in [9.17, 15) is 0 Å². The van der Waals surface area contributed by atoms with E-state index in [1.807, 2.05) is 6.07 Å². The van der Waals surface area contributed by atoms with E-state index in [0.29, 0.717) is 0 Å². The van der Waals surface area contributed by atoms with Gasteiger partial charge in [-0.2, -0.15) is 0 Å². The van der Waals surface area contributed by atoms with E-state index in [1.165, 1.54) is 4.90 Å². The summed E-state index contributed by atoms with van der Waals surface area (Å²) in [6.07, 6.45) is 2.10. The van der Waals surface area contributed by atoms with Gasteiger partial charge in [-0.15, -0.1) is 11.8 Å². The van der Waals surface area contributed by atoms with E-state index in [4.69, 9.17) is 4.98 Å². The second kappa shape index (κ2) is 8.58. The third kappa shape index (κ3) is 4.85. The van der Waals surface area contributed by atoms with Crippen LogP contribution in [0.5, 0.6) is 0 Å². The van der Waals surface area contributed by atoms with Crippen molar-refractivity contribution in [2.45, 2.75) is 37.3 Å². The summed E-state index contributed by atoms with van der Waals surface area (Å²) in [5.41, 5.74) is 1.16. The van der Waals surface area contributed by atoms with Crippen LogP contribution in [-0.4, -0.2) is 16.5 Å². The first-order chi connectivity index (χ1) is 10.2. The summed E-state index contributed by atoms with van der Waals surface area (Å²) in [6.45, 7) is 5.16. The van der Waals surface area contributed by atoms with Gasteiger partial charge in [-0.25, -0.2) is 9.97 Å². The Kier molecular flexibility index (Phi) is 6.76. The molecule has 0 amide bonds. The molecule has 112 valence electrons. The van der Waals surface area contributed by atoms with Gasteiger partial charge in [-0.05, 0) is 48.1 Å². The van der Waals surface area contributed by atoms with Crippen molar-refractivity contribution >= 4 is 40.2 Å². The van der Waals surface area contributed by atoms with E-state index < -0.39 is 0 Å². The van der Waals surface area contributed by atoms with Crippen molar-refractivity contribution in [3.8, 4) is 0 Å². The SMILES string of the molecule is CCCc1nc(CSc2ccccc2)nc(NCC)c1I. The molecule has 3 nitrogen and oxygen atoms in total. The number of nitrogens with zero attached hydrogens (tertiary/aromatic N) is 2. The molecule has 1 aromatic heterocycles. The highest BCUT2D eigenvalue weighted by atomic mass is 127. The van der Waals surface area contributed by atoms with Crippen LogP contribution in [0.3, 0.4) is 0 Å². The number of benzene rings is 1. The zero-order valence-electron chi connectivity index (χ0n) is 12.4. The first-order valence-corrected chi connectivity index (χ1v) is 9.28. The summed E-state index contributed by atoms with van der Waals surface area (Å²) in [5, 5.41) is 3.35. The molecular formula is C16H20IN3S. The van der Waals surface area contributed by atoms with E-state index in [-0.39, 0.29) is 0 Å². The highest BCUT2D eigenvalue weighted by Gasteiger charge is 2.11. The number of hydrogen-bond donors (Lipinski definition) is 1. The van der Waals surface area contributed by atoms with E-state index in [1.54, 1.807) is 11.8 Å². The first-order valence-electron chi connectivity index (χ1n) is 7.21. The van der Waals surface area contributed by atoms with Gasteiger partial charge in [0.1, 0.15) is 11.6 Å². The fourth-order valence-electron chi connectivity index (χ4n) is 1.96. The molecule has 0 radical (unpaired) electrons. The Morgan fingerprint density at radius 1 is 1.14 bits per heavy atom. The molecule has 0 atom stereocenters. The predicted octanol–water partition coefficient (Wildman–Crippen LogP) is 4.76. The van der Waals surface area contributed by atoms with Crippen LogP contribution in [0.1, 0.15) is 31.8 Å². The molecule has 0 spiro atoms. The van der Waals surface area contributed by atoms with Gasteiger partial charge in [-0.1, -0.05) is 31.5 Å². The summed E-state index contributed by atoms with van der Waals surface area (Å²) in [4.78, 5) is 10.7. The maximum atomic E-state index is 4.74. The fraction of sp³-hybridized carbons (Fsp3) is 0.375. The third-order valence-electron chi connectivity index (χ3n) is 2.91. The third-order valence-corrected chi connectivity index (χ3v) is 5.05. The summed E-state index contributed by atoms with van der Waals surface area (Å²) < 4.78 is 1.16. The Balaban J connectivity index is 2.18. The average molecular weight is 413 g/mol. The second-order valence-electron chi connectivity index (χ2n) is 4.63. The molecule has 21 heavy (non-hydrogen) atoms. The highest BCUT2D eigenvalue weighted by molar-refractivity contribution is 14.1. The van der Waals surface area contributed by atoms with Crippen LogP contribution in [0.4, 0.5) is 5.82 Å². The molecule has 0 aliphatic heterocycles. The number of thioether (sulfide) groups is 1. The lowest BCUT2D eigenvalue weighted by Crippen LogP contribution is -2.09. The largest absolute Gasteiger partial charge is 0.369 e. The number of aryl methyl sites for hydroxylation is 1. The molecule has 1 N–H and O–H groups in total. The maximum Gasteiger partial charge on any atom is 0.143 e. The van der Waals surface area contributed by atoms with Crippen molar-refractivity contribution in [3.05, 3.63) is 45.4 Å². The van der Waals surface area contributed by atoms with E-state index in [2.05, 4.69) is 71.0 Å². The number of nitrogens with one attached hydrogen (secondary N) is 1. The number of hydrogen-bond acceptors (Lipinski definition) is 4. The molecule has 0 saturated carbocycles. The van der Waals surface area contributed by atoms with Gasteiger partial charge >= 0.3 is 0 Å². The van der Waals surface area contributed by atoms with Crippen molar-refractivity contribution in [1.82, 2.24) is 9.97 Å². The zero-order valence-corrected chi connectivity index (χ0v) is 15.4. The lowest BCUT2D eigenvalue weighted by Gasteiger charge is -2.11. The van der Waals surface area contributed by atoms with Crippen molar-refractivity contribution in [2.24, 2.45) is 0 Å². The predicted molar refractivity (Wildman–Crippen MR) is 98.9 cm³/mol. The Labute approximate surface area is 144 Å². The molecule has 0 fully saturated rings. The van der Waals surface area contributed by atoms with Crippen LogP contribution in [-0.2, 0) is 12.2 Å². The lowest BCUT2D eigenvalue weighted by atomic mass is 10.2. The van der Waals surface area contributed by atoms with Crippen molar-refractivity contribution < 1.29 is 0 Å². The summed E-state index contributed by atoms with van der Waals surface area (Å²) in [6, 6.07) is 10.4. The van der Waals surface area contributed by atoms with Gasteiger partial charge in [-0.3, -0.25) is 0 Å². The Morgan fingerprint density at radius 2 is 1.90 bits per heavy atom. The summed E-state index contributed by atoms with van der Waals surface area (Å²) in [5.74, 6) is 2.68. The van der Waals surface area contributed by atoms with Crippen LogP contribution in [0.15, 0.2) is 35.2 Å². The molecule has 2 aromatic rings. The zero-order chi connectivity index (χ0) is 15.1. The molecule has 0 aliphatic rings. The summed E-state index contributed by atoms with van der Waals surface area (Å²) in [7, 11) is 0. The van der Waals surface area contributed by atoms with Crippen LogP contribution in [0, 0.1) is 3.57 Å². The minimum absolute atomic E-state index is 0.802. The topological polar surface area (TPSA) is 37.8 Å². The van der Waals surface area contributed by atoms with Crippen LogP contribution in [0.2, 0.25) is 0 Å². The quantitative estimate of drug-likeness (QED) is 0.525. The van der Waals surface area contributed by atoms with Gasteiger partial charge in [0.15, 0.2) is 0 Å². The van der Waals surface area contributed by atoms with Gasteiger partial charge in [0.2, 0.25) is 0 Å². The Bertz CT molecular complexity index is 548. The molecular weight excluding hydrogens is 393 g/mol. The van der Waals surface area contributed by atoms with Crippen LogP contribution >= 0.6 is 34.4 Å². The van der Waals surface area contributed by atoms with Crippen molar-refractivity contribution in [2.75, 3.05) is 11.9 Å². The Hall–Kier alpha value is -0.820. The van der Waals surface area contributed by atoms with Crippen molar-refractivity contribution in [3.63, 3.8) is 0 Å². The van der Waals surface area contributed by atoms with Gasteiger partial charge < -0.3 is 5.32 Å². The number of aromatic nitrogens is 2. The fourth-order valence-corrected chi connectivity index (χ4v) is 3.44. The Morgan fingerprint density at radius 3 is 2.57 bits per heavy atom. The minimum Gasteiger partial charge on any atom is -0.369 e. The van der Waals surface area contributed by atoms with E-state index >= 15 is 0 Å². The monoisotopic (exact) mass is 413 g/mol. The summed E-state index contributed by atoms with van der Waals surface area (Å²) >= 11 is 4.13. The van der Waals surface area contributed by atoms with Crippen LogP contribution in [0.25, 0.3) is 0 Å². The number of halogens is 1. The molecule has 0 unspecified atom stereocenters. The molecule has 1 heterocycles. The minimum atomic E-state index is 0.802. The van der Waals surface area contributed by atoms with Gasteiger partial charge in [0, 0.05) is 11.4 Å². The van der Waals surface area contributed by atoms with E-state index in [0.717, 1.165) is 46.0 Å². The standard InChI is InChI=1S/C16H20IN3S/c1-3-8-13-15(17)16(18-4-2)20-14(19-13)11-21-12-9-6-5-7-10-12/h5-7,9-10H,3-4,8,11H2,1-2H3,(H,18,19,20).